The summed E-state index contributed by atoms with van der Waals surface area (Å²) in [6, 6.07) is 28.0. The minimum Gasteiger partial charge on any atom is -0.351 e. The number of hydrogen-bond acceptors (Lipinski definition) is 5. The lowest BCUT2D eigenvalue weighted by atomic mass is 9.96. The minimum absolute atomic E-state index is 0.0436. The molecule has 1 fully saturated rings. The predicted octanol–water partition coefficient (Wildman–Crippen LogP) is 4.42. The van der Waals surface area contributed by atoms with E-state index in [1.54, 1.807) is 16.4 Å². The molecular formula is C25H23N5OS. The Morgan fingerprint density at radius 1 is 0.938 bits per heavy atom. The van der Waals surface area contributed by atoms with Crippen molar-refractivity contribution in [1.29, 1.82) is 0 Å². The van der Waals surface area contributed by atoms with Gasteiger partial charge in [-0.15, -0.1) is 16.9 Å². The molecular weight excluding hydrogens is 418 g/mol. The molecule has 1 N–H and O–H groups in total. The van der Waals surface area contributed by atoms with Crippen molar-refractivity contribution in [2.75, 3.05) is 6.54 Å². The summed E-state index contributed by atoms with van der Waals surface area (Å²) in [6.07, 6.45) is 2.21. The number of benzene rings is 3. The zero-order chi connectivity index (χ0) is 21.8. The monoisotopic (exact) mass is 441 g/mol. The molecule has 32 heavy (non-hydrogen) atoms. The molecule has 0 unspecified atom stereocenters. The number of tetrazole rings is 1. The molecule has 1 aromatic heterocycles. The number of thioether (sulfide) groups is 1. The maximum absolute atomic E-state index is 13.1. The summed E-state index contributed by atoms with van der Waals surface area (Å²) in [5.74, 6) is 1.25. The molecule has 6 nitrogen and oxygen atoms in total. The molecule has 7 heteroatoms. The van der Waals surface area contributed by atoms with E-state index in [-0.39, 0.29) is 11.3 Å². The third-order valence-electron chi connectivity index (χ3n) is 5.85. The highest BCUT2D eigenvalue weighted by Gasteiger charge is 2.44. The molecule has 0 aliphatic heterocycles. The van der Waals surface area contributed by atoms with E-state index in [0.717, 1.165) is 29.2 Å². The Kier molecular flexibility index (Phi) is 5.73. The van der Waals surface area contributed by atoms with Crippen LogP contribution in [0, 0.1) is 0 Å². The maximum atomic E-state index is 13.1. The molecule has 1 heterocycles. The second-order valence-electron chi connectivity index (χ2n) is 7.96. The highest BCUT2D eigenvalue weighted by Crippen LogP contribution is 2.47. The van der Waals surface area contributed by atoms with Crippen LogP contribution in [0.4, 0.5) is 0 Å². The first kappa shape index (κ1) is 20.5. The number of aromatic nitrogens is 4. The van der Waals surface area contributed by atoms with Gasteiger partial charge < -0.3 is 5.32 Å². The fourth-order valence-electron chi connectivity index (χ4n) is 3.84. The number of carbonyl (C=O) groups is 1. The smallest absolute Gasteiger partial charge is 0.252 e. The van der Waals surface area contributed by atoms with Gasteiger partial charge in [0.1, 0.15) is 0 Å². The summed E-state index contributed by atoms with van der Waals surface area (Å²) in [5, 5.41) is 15.3. The van der Waals surface area contributed by atoms with Crippen LogP contribution in [0.15, 0.2) is 89.8 Å². The molecule has 1 saturated carbocycles. The molecule has 4 aromatic rings. The summed E-state index contributed by atoms with van der Waals surface area (Å²) in [4.78, 5) is 14.0. The van der Waals surface area contributed by atoms with Crippen LogP contribution < -0.4 is 5.32 Å². The van der Waals surface area contributed by atoms with Gasteiger partial charge in [-0.3, -0.25) is 4.79 Å². The van der Waals surface area contributed by atoms with Crippen molar-refractivity contribution in [3.63, 3.8) is 0 Å². The van der Waals surface area contributed by atoms with Crippen LogP contribution in [0.25, 0.3) is 5.69 Å². The molecule has 1 amide bonds. The van der Waals surface area contributed by atoms with E-state index in [9.17, 15) is 4.79 Å². The van der Waals surface area contributed by atoms with E-state index in [2.05, 4.69) is 45.1 Å². The normalized spacial score (nSPS) is 14.1. The molecule has 0 bridgehead atoms. The molecule has 5 rings (SSSR count). The standard InChI is InChI=1S/C25H23N5OS/c31-24(26-18-25(15-16-25)19-9-3-1-4-10-19)21-13-7-8-14-22(21)32-17-23-27-28-29-30(23)20-11-5-2-6-12-20/h1-14H,15-18H2,(H,26,31). The number of nitrogens with zero attached hydrogens (tertiary/aromatic N) is 4. The molecule has 160 valence electrons. The highest BCUT2D eigenvalue weighted by atomic mass is 32.2. The van der Waals surface area contributed by atoms with E-state index >= 15 is 0 Å². The van der Waals surface area contributed by atoms with Crippen LogP contribution in [-0.4, -0.2) is 32.7 Å². The van der Waals surface area contributed by atoms with Gasteiger partial charge >= 0.3 is 0 Å². The zero-order valence-electron chi connectivity index (χ0n) is 17.5. The van der Waals surface area contributed by atoms with Crippen LogP contribution in [0.3, 0.4) is 0 Å². The van der Waals surface area contributed by atoms with E-state index in [4.69, 9.17) is 0 Å². The van der Waals surface area contributed by atoms with Crippen molar-refractivity contribution < 1.29 is 4.79 Å². The van der Waals surface area contributed by atoms with Crippen molar-refractivity contribution in [3.8, 4) is 5.69 Å². The minimum atomic E-state index is -0.0436. The van der Waals surface area contributed by atoms with Crippen LogP contribution in [0.5, 0.6) is 0 Å². The van der Waals surface area contributed by atoms with E-state index < -0.39 is 0 Å². The molecule has 1 aliphatic rings. The van der Waals surface area contributed by atoms with Crippen molar-refractivity contribution in [1.82, 2.24) is 25.5 Å². The number of carbonyl (C=O) groups excluding carboxylic acids is 1. The molecule has 0 saturated heterocycles. The first-order valence-electron chi connectivity index (χ1n) is 10.6. The summed E-state index contributed by atoms with van der Waals surface area (Å²) >= 11 is 1.56. The van der Waals surface area contributed by atoms with Gasteiger partial charge in [-0.2, -0.15) is 4.68 Å². The largest absolute Gasteiger partial charge is 0.351 e. The summed E-state index contributed by atoms with van der Waals surface area (Å²) in [7, 11) is 0. The molecule has 0 spiro atoms. The van der Waals surface area contributed by atoms with Gasteiger partial charge in [0.2, 0.25) is 0 Å². The average Bonchev–Trinajstić information content (AvgIpc) is 3.51. The topological polar surface area (TPSA) is 72.7 Å². The van der Waals surface area contributed by atoms with Gasteiger partial charge in [0.05, 0.1) is 17.0 Å². The second-order valence-corrected chi connectivity index (χ2v) is 8.97. The van der Waals surface area contributed by atoms with E-state index in [1.165, 1.54) is 5.56 Å². The first-order chi connectivity index (χ1) is 15.8. The van der Waals surface area contributed by atoms with Crippen molar-refractivity contribution in [2.45, 2.75) is 28.9 Å². The van der Waals surface area contributed by atoms with Gasteiger partial charge in [0.25, 0.3) is 5.91 Å². The maximum Gasteiger partial charge on any atom is 0.252 e. The lowest BCUT2D eigenvalue weighted by Gasteiger charge is -2.17. The Morgan fingerprint density at radius 2 is 1.62 bits per heavy atom. The van der Waals surface area contributed by atoms with Crippen LogP contribution in [0.1, 0.15) is 34.6 Å². The molecule has 0 radical (unpaired) electrons. The summed E-state index contributed by atoms with van der Waals surface area (Å²) in [6.45, 7) is 0.654. The first-order valence-corrected chi connectivity index (χ1v) is 11.6. The quantitative estimate of drug-likeness (QED) is 0.410. The lowest BCUT2D eigenvalue weighted by molar-refractivity contribution is 0.0946. The molecule has 1 aliphatic carbocycles. The fourth-order valence-corrected chi connectivity index (χ4v) is 4.80. The Bertz CT molecular complexity index is 1210. The van der Waals surface area contributed by atoms with E-state index in [0.29, 0.717) is 17.9 Å². The third-order valence-corrected chi connectivity index (χ3v) is 6.92. The van der Waals surface area contributed by atoms with Gasteiger partial charge in [-0.05, 0) is 53.1 Å². The average molecular weight is 442 g/mol. The van der Waals surface area contributed by atoms with Crippen molar-refractivity contribution >= 4 is 17.7 Å². The third kappa shape index (κ3) is 4.29. The Hall–Kier alpha value is -3.45. The van der Waals surface area contributed by atoms with E-state index in [1.807, 2.05) is 60.7 Å². The van der Waals surface area contributed by atoms with Gasteiger partial charge in [0, 0.05) is 16.9 Å². The van der Waals surface area contributed by atoms with Gasteiger partial charge in [-0.1, -0.05) is 60.7 Å². The molecule has 0 atom stereocenters. The van der Waals surface area contributed by atoms with Crippen molar-refractivity contribution in [3.05, 3.63) is 102 Å². The fraction of sp³-hybridized carbons (Fsp3) is 0.200. The zero-order valence-corrected chi connectivity index (χ0v) is 18.3. The summed E-state index contributed by atoms with van der Waals surface area (Å²) < 4.78 is 1.73. The van der Waals surface area contributed by atoms with Crippen LogP contribution >= 0.6 is 11.8 Å². The SMILES string of the molecule is O=C(NCC1(c2ccccc2)CC1)c1ccccc1SCc1nnnn1-c1ccccc1. The number of para-hydroxylation sites is 1. The second kappa shape index (κ2) is 8.96. The Morgan fingerprint density at radius 3 is 2.38 bits per heavy atom. The lowest BCUT2D eigenvalue weighted by Crippen LogP contribution is -2.32. The number of nitrogens with one attached hydrogen (secondary N) is 1. The van der Waals surface area contributed by atoms with Crippen molar-refractivity contribution in [2.24, 2.45) is 0 Å². The Balaban J connectivity index is 1.27. The molecule has 3 aromatic carbocycles. The highest BCUT2D eigenvalue weighted by molar-refractivity contribution is 7.98. The van der Waals surface area contributed by atoms with Crippen LogP contribution in [0.2, 0.25) is 0 Å². The van der Waals surface area contributed by atoms with Crippen LogP contribution in [-0.2, 0) is 11.2 Å². The number of amides is 1. The Labute approximate surface area is 191 Å². The van der Waals surface area contributed by atoms with Gasteiger partial charge in [-0.25, -0.2) is 0 Å². The summed E-state index contributed by atoms with van der Waals surface area (Å²) in [5.41, 5.74) is 2.97. The van der Waals surface area contributed by atoms with Gasteiger partial charge in [0.15, 0.2) is 5.82 Å². The number of hydrogen-bond donors (Lipinski definition) is 1. The predicted molar refractivity (Wildman–Crippen MR) is 125 cm³/mol. The number of rotatable bonds is 8.